The fourth-order valence-electron chi connectivity index (χ4n) is 1.97. The summed E-state index contributed by atoms with van der Waals surface area (Å²) in [4.78, 5) is 6.28. The van der Waals surface area contributed by atoms with Crippen LogP contribution >= 0.6 is 11.6 Å². The van der Waals surface area contributed by atoms with Crippen LogP contribution in [-0.4, -0.2) is 38.0 Å². The van der Waals surface area contributed by atoms with Crippen LogP contribution in [0.25, 0.3) is 0 Å². The number of rotatable bonds is 1. The Labute approximate surface area is 94.5 Å². The van der Waals surface area contributed by atoms with Crippen molar-refractivity contribution in [2.75, 3.05) is 20.1 Å². The Morgan fingerprint density at radius 2 is 2.07 bits per heavy atom. The molecule has 0 spiro atoms. The molecule has 0 radical (unpaired) electrons. The highest BCUT2D eigenvalue weighted by Crippen LogP contribution is 2.32. The van der Waals surface area contributed by atoms with Crippen molar-refractivity contribution in [1.82, 2.24) is 4.90 Å². The molecule has 2 rings (SSSR count). The Bertz CT molecular complexity index is 419. The van der Waals surface area contributed by atoms with Crippen LogP contribution in [0.2, 0.25) is 0 Å². The van der Waals surface area contributed by atoms with Crippen molar-refractivity contribution in [3.8, 4) is 0 Å². The normalized spacial score (nSPS) is 27.6. The van der Waals surface area contributed by atoms with Gasteiger partial charge in [-0.2, -0.15) is 0 Å². The average molecular weight is 249 g/mol. The summed E-state index contributed by atoms with van der Waals surface area (Å²) in [6.07, 6.45) is 3.14. The minimum atomic E-state index is -3.42. The Hall–Kier alpha value is -0.390. The van der Waals surface area contributed by atoms with Gasteiger partial charge in [0.15, 0.2) is 0 Å². The van der Waals surface area contributed by atoms with Crippen molar-refractivity contribution in [2.45, 2.75) is 12.8 Å². The quantitative estimate of drug-likeness (QED) is 0.701. The molecule has 0 aromatic heterocycles. The molecule has 4 nitrogen and oxygen atoms in total. The molecule has 2 heterocycles. The van der Waals surface area contributed by atoms with E-state index in [4.69, 9.17) is 11.6 Å². The summed E-state index contributed by atoms with van der Waals surface area (Å²) in [6, 6.07) is 0. The lowest BCUT2D eigenvalue weighted by Crippen LogP contribution is -2.32. The molecule has 0 atom stereocenters. The molecule has 1 saturated heterocycles. The first-order chi connectivity index (χ1) is 7.01. The third-order valence-corrected chi connectivity index (χ3v) is 5.26. The SMILES string of the molecule is CN1CCC(C2=CN=C(Cl)S2(=O)=O)CC1. The molecule has 2 aliphatic rings. The van der Waals surface area contributed by atoms with Gasteiger partial charge in [0.05, 0.1) is 4.91 Å². The first-order valence-corrected chi connectivity index (χ1v) is 6.75. The molecule has 6 heteroatoms. The molecule has 0 unspecified atom stereocenters. The second-order valence-corrected chi connectivity index (χ2v) is 6.44. The van der Waals surface area contributed by atoms with Gasteiger partial charge in [-0.15, -0.1) is 0 Å². The predicted molar refractivity (Wildman–Crippen MR) is 60.5 cm³/mol. The molecule has 0 saturated carbocycles. The van der Waals surface area contributed by atoms with Gasteiger partial charge in [0.2, 0.25) is 14.3 Å². The topological polar surface area (TPSA) is 49.7 Å². The summed E-state index contributed by atoms with van der Waals surface area (Å²) >= 11 is 5.55. The number of nitrogens with zero attached hydrogens (tertiary/aromatic N) is 2. The molecule has 0 aliphatic carbocycles. The van der Waals surface area contributed by atoms with Gasteiger partial charge < -0.3 is 4.90 Å². The summed E-state index contributed by atoms with van der Waals surface area (Å²) < 4.78 is 23.2. The van der Waals surface area contributed by atoms with E-state index in [1.165, 1.54) is 6.20 Å². The van der Waals surface area contributed by atoms with Gasteiger partial charge >= 0.3 is 0 Å². The molecule has 15 heavy (non-hydrogen) atoms. The molecule has 2 aliphatic heterocycles. The van der Waals surface area contributed by atoms with Gasteiger partial charge in [0, 0.05) is 6.20 Å². The smallest absolute Gasteiger partial charge is 0.232 e. The first kappa shape index (κ1) is 11.1. The summed E-state index contributed by atoms with van der Waals surface area (Å²) in [5.74, 6) is 0.0891. The van der Waals surface area contributed by atoms with Gasteiger partial charge in [-0.3, -0.25) is 0 Å². The maximum Gasteiger partial charge on any atom is 0.232 e. The Morgan fingerprint density at radius 3 is 2.53 bits per heavy atom. The first-order valence-electron chi connectivity index (χ1n) is 4.89. The Kier molecular flexibility index (Phi) is 2.87. The maximum atomic E-state index is 11.7. The van der Waals surface area contributed by atoms with Crippen LogP contribution in [0.15, 0.2) is 16.1 Å². The van der Waals surface area contributed by atoms with Crippen molar-refractivity contribution in [3.63, 3.8) is 0 Å². The summed E-state index contributed by atoms with van der Waals surface area (Å²) in [7, 11) is -1.39. The number of piperidine rings is 1. The minimum absolute atomic E-state index is 0.0891. The van der Waals surface area contributed by atoms with Crippen molar-refractivity contribution in [1.29, 1.82) is 0 Å². The van der Waals surface area contributed by atoms with Crippen LogP contribution in [0, 0.1) is 5.92 Å². The third kappa shape index (κ3) is 1.96. The highest BCUT2D eigenvalue weighted by atomic mass is 35.5. The van der Waals surface area contributed by atoms with E-state index >= 15 is 0 Å². The zero-order valence-electron chi connectivity index (χ0n) is 8.48. The monoisotopic (exact) mass is 248 g/mol. The zero-order valence-corrected chi connectivity index (χ0v) is 10.1. The van der Waals surface area contributed by atoms with Gasteiger partial charge in [-0.25, -0.2) is 13.4 Å². The Morgan fingerprint density at radius 1 is 1.47 bits per heavy atom. The fraction of sp³-hybridized carbons (Fsp3) is 0.667. The molecule has 0 aromatic rings. The van der Waals surface area contributed by atoms with E-state index in [1.807, 2.05) is 7.05 Å². The minimum Gasteiger partial charge on any atom is -0.306 e. The standard InChI is InChI=1S/C9H13ClN2O2S/c1-12-4-2-7(3-5-12)8-6-11-9(10)15(8,13)14/h6-7H,2-5H2,1H3. The molecular weight excluding hydrogens is 236 g/mol. The van der Waals surface area contributed by atoms with E-state index < -0.39 is 9.84 Å². The van der Waals surface area contributed by atoms with E-state index in [2.05, 4.69) is 9.89 Å². The second kappa shape index (κ2) is 3.88. The number of halogens is 1. The lowest BCUT2D eigenvalue weighted by atomic mass is 9.97. The van der Waals surface area contributed by atoms with E-state index in [9.17, 15) is 8.42 Å². The number of hydrogen-bond acceptors (Lipinski definition) is 4. The fourth-order valence-corrected chi connectivity index (χ4v) is 3.54. The van der Waals surface area contributed by atoms with Crippen LogP contribution < -0.4 is 0 Å². The summed E-state index contributed by atoms with van der Waals surface area (Å²) in [6.45, 7) is 1.85. The van der Waals surface area contributed by atoms with E-state index in [-0.39, 0.29) is 10.4 Å². The number of likely N-dealkylation sites (tertiary alicyclic amines) is 1. The highest BCUT2D eigenvalue weighted by molar-refractivity contribution is 8.12. The second-order valence-electron chi connectivity index (χ2n) is 3.99. The van der Waals surface area contributed by atoms with E-state index in [0.717, 1.165) is 25.9 Å². The number of allylic oxidation sites excluding steroid dienone is 1. The van der Waals surface area contributed by atoms with Crippen molar-refractivity contribution in [2.24, 2.45) is 10.9 Å². The molecule has 0 aromatic carbocycles. The van der Waals surface area contributed by atoms with E-state index in [1.54, 1.807) is 0 Å². The molecule has 0 amide bonds. The largest absolute Gasteiger partial charge is 0.306 e. The van der Waals surface area contributed by atoms with Crippen LogP contribution in [0.4, 0.5) is 0 Å². The van der Waals surface area contributed by atoms with Crippen molar-refractivity contribution < 1.29 is 8.42 Å². The van der Waals surface area contributed by atoms with Crippen LogP contribution in [0.5, 0.6) is 0 Å². The van der Waals surface area contributed by atoms with Crippen molar-refractivity contribution >= 4 is 25.9 Å². The summed E-state index contributed by atoms with van der Waals surface area (Å²) in [5, 5.41) is 0. The zero-order chi connectivity index (χ0) is 11.1. The lowest BCUT2D eigenvalue weighted by Gasteiger charge is -2.28. The maximum absolute atomic E-state index is 11.7. The van der Waals surface area contributed by atoms with Gasteiger partial charge in [0.25, 0.3) is 0 Å². The highest BCUT2D eigenvalue weighted by Gasteiger charge is 2.34. The lowest BCUT2D eigenvalue weighted by molar-refractivity contribution is 0.241. The predicted octanol–water partition coefficient (Wildman–Crippen LogP) is 1.19. The van der Waals surface area contributed by atoms with Gasteiger partial charge in [-0.1, -0.05) is 0 Å². The molecular formula is C9H13ClN2O2S. The van der Waals surface area contributed by atoms with Crippen LogP contribution in [-0.2, 0) is 9.84 Å². The average Bonchev–Trinajstić information content (AvgIpc) is 2.44. The number of sulfone groups is 1. The van der Waals surface area contributed by atoms with Gasteiger partial charge in [-0.05, 0) is 50.5 Å². The Balaban J connectivity index is 2.15. The molecule has 84 valence electrons. The molecule has 0 bridgehead atoms. The van der Waals surface area contributed by atoms with Crippen molar-refractivity contribution in [3.05, 3.63) is 11.1 Å². The molecule has 1 fully saturated rings. The van der Waals surface area contributed by atoms with Gasteiger partial charge in [0.1, 0.15) is 0 Å². The number of hydrogen-bond donors (Lipinski definition) is 0. The third-order valence-electron chi connectivity index (χ3n) is 2.95. The molecule has 0 N–H and O–H groups in total. The van der Waals surface area contributed by atoms with E-state index in [0.29, 0.717) is 4.91 Å². The summed E-state index contributed by atoms with van der Waals surface area (Å²) in [5.41, 5.74) is 0. The number of aliphatic imine (C=N–C) groups is 1. The van der Waals surface area contributed by atoms with Crippen LogP contribution in [0.3, 0.4) is 0 Å². The van der Waals surface area contributed by atoms with Crippen LogP contribution in [0.1, 0.15) is 12.8 Å².